The van der Waals surface area contributed by atoms with Crippen LogP contribution >= 0.6 is 0 Å². The van der Waals surface area contributed by atoms with Gasteiger partial charge in [0, 0.05) is 12.5 Å². The van der Waals surface area contributed by atoms with Crippen LogP contribution in [0.3, 0.4) is 0 Å². The summed E-state index contributed by atoms with van der Waals surface area (Å²) in [5, 5.41) is 10.3. The maximum Gasteiger partial charge on any atom is 0.304 e. The van der Waals surface area contributed by atoms with Crippen LogP contribution in [-0.4, -0.2) is 4.92 Å². The van der Waals surface area contributed by atoms with E-state index in [2.05, 4.69) is 5.92 Å². The average Bonchev–Trinajstić information content (AvgIpc) is 2.14. The molecule has 0 radical (unpaired) electrons. The molecule has 72 valence electrons. The summed E-state index contributed by atoms with van der Waals surface area (Å²) in [7, 11) is 0. The van der Waals surface area contributed by atoms with E-state index in [0.717, 1.165) is 12.1 Å². The van der Waals surface area contributed by atoms with Gasteiger partial charge in [-0.25, -0.2) is 0 Å². The third-order valence-corrected chi connectivity index (χ3v) is 1.77. The lowest BCUT2D eigenvalue weighted by Gasteiger charge is -1.98. The Bertz CT molecular complexity index is 396. The number of hydrogen-bond acceptors (Lipinski definition) is 2. The molecule has 0 aliphatic rings. The number of terminal acetylenes is 1. The number of aryl methyl sites for hydroxylation is 1. The van der Waals surface area contributed by atoms with Gasteiger partial charge in [0.05, 0.1) is 4.92 Å². The molecule has 0 spiro atoms. The van der Waals surface area contributed by atoms with Crippen molar-refractivity contribution >= 4 is 5.69 Å². The van der Waals surface area contributed by atoms with Gasteiger partial charge in [0.25, 0.3) is 0 Å². The van der Waals surface area contributed by atoms with Crippen LogP contribution in [0.2, 0.25) is 0 Å². The van der Waals surface area contributed by atoms with E-state index in [1.165, 1.54) is 6.07 Å². The molecule has 0 heterocycles. The predicted octanol–water partition coefficient (Wildman–Crippen LogP) is 2.30. The highest BCUT2D eigenvalue weighted by Crippen LogP contribution is 2.18. The molecular formula is C10H8FNO2. The predicted molar refractivity (Wildman–Crippen MR) is 50.2 cm³/mol. The van der Waals surface area contributed by atoms with E-state index >= 15 is 0 Å². The fourth-order valence-electron chi connectivity index (χ4n) is 1.07. The van der Waals surface area contributed by atoms with Crippen LogP contribution in [0.25, 0.3) is 0 Å². The van der Waals surface area contributed by atoms with Crippen molar-refractivity contribution in [3.63, 3.8) is 0 Å². The third-order valence-electron chi connectivity index (χ3n) is 1.77. The zero-order chi connectivity index (χ0) is 10.6. The Labute approximate surface area is 80.7 Å². The quantitative estimate of drug-likeness (QED) is 0.420. The first-order valence-electron chi connectivity index (χ1n) is 4.01. The SMILES string of the molecule is C#CCCc1ccc([N+](=O)[O-])c(F)c1. The number of hydrogen-bond donors (Lipinski definition) is 0. The van der Waals surface area contributed by atoms with E-state index in [1.807, 2.05) is 0 Å². The molecular weight excluding hydrogens is 185 g/mol. The minimum Gasteiger partial charge on any atom is -0.258 e. The van der Waals surface area contributed by atoms with Gasteiger partial charge < -0.3 is 0 Å². The monoisotopic (exact) mass is 193 g/mol. The van der Waals surface area contributed by atoms with Crippen molar-refractivity contribution < 1.29 is 9.31 Å². The van der Waals surface area contributed by atoms with Crippen LogP contribution in [-0.2, 0) is 6.42 Å². The number of benzene rings is 1. The van der Waals surface area contributed by atoms with Crippen LogP contribution in [0, 0.1) is 28.3 Å². The third kappa shape index (κ3) is 2.30. The van der Waals surface area contributed by atoms with Crippen LogP contribution in [0.5, 0.6) is 0 Å². The Kier molecular flexibility index (Phi) is 3.19. The second-order valence-electron chi connectivity index (χ2n) is 2.75. The molecule has 3 nitrogen and oxygen atoms in total. The van der Waals surface area contributed by atoms with Crippen LogP contribution in [0.1, 0.15) is 12.0 Å². The zero-order valence-electron chi connectivity index (χ0n) is 7.37. The highest BCUT2D eigenvalue weighted by molar-refractivity contribution is 5.35. The van der Waals surface area contributed by atoms with E-state index in [0.29, 0.717) is 18.4 Å². The van der Waals surface area contributed by atoms with E-state index in [4.69, 9.17) is 6.42 Å². The van der Waals surface area contributed by atoms with Crippen molar-refractivity contribution in [2.45, 2.75) is 12.8 Å². The van der Waals surface area contributed by atoms with Crippen molar-refractivity contribution in [2.24, 2.45) is 0 Å². The summed E-state index contributed by atoms with van der Waals surface area (Å²) >= 11 is 0. The molecule has 0 atom stereocenters. The van der Waals surface area contributed by atoms with Crippen molar-refractivity contribution in [1.29, 1.82) is 0 Å². The van der Waals surface area contributed by atoms with Gasteiger partial charge in [-0.05, 0) is 18.1 Å². The average molecular weight is 193 g/mol. The zero-order valence-corrected chi connectivity index (χ0v) is 7.37. The van der Waals surface area contributed by atoms with Crippen LogP contribution in [0.15, 0.2) is 18.2 Å². The number of halogens is 1. The first kappa shape index (κ1) is 10.2. The van der Waals surface area contributed by atoms with E-state index in [-0.39, 0.29) is 0 Å². The first-order valence-corrected chi connectivity index (χ1v) is 4.01. The van der Waals surface area contributed by atoms with E-state index in [1.54, 1.807) is 0 Å². The molecule has 0 aliphatic heterocycles. The topological polar surface area (TPSA) is 43.1 Å². The molecule has 1 aromatic rings. The Balaban J connectivity index is 2.90. The highest BCUT2D eigenvalue weighted by Gasteiger charge is 2.12. The second kappa shape index (κ2) is 4.38. The lowest BCUT2D eigenvalue weighted by atomic mass is 10.1. The summed E-state index contributed by atoms with van der Waals surface area (Å²) in [6, 6.07) is 3.81. The molecule has 0 unspecified atom stereocenters. The fourth-order valence-corrected chi connectivity index (χ4v) is 1.07. The van der Waals surface area contributed by atoms with Crippen LogP contribution < -0.4 is 0 Å². The molecule has 0 fully saturated rings. The summed E-state index contributed by atoms with van der Waals surface area (Å²) < 4.78 is 13.0. The number of nitro groups is 1. The number of rotatable bonds is 3. The molecule has 0 bridgehead atoms. The standard InChI is InChI=1S/C10H8FNO2/c1-2-3-4-8-5-6-10(12(13)14)9(11)7-8/h1,5-7H,3-4H2. The van der Waals surface area contributed by atoms with E-state index < -0.39 is 16.4 Å². The number of nitrogens with zero attached hydrogens (tertiary/aromatic N) is 1. The molecule has 0 aliphatic carbocycles. The first-order chi connectivity index (χ1) is 6.65. The molecule has 14 heavy (non-hydrogen) atoms. The van der Waals surface area contributed by atoms with Gasteiger partial charge in [0.15, 0.2) is 0 Å². The highest BCUT2D eigenvalue weighted by atomic mass is 19.1. The largest absolute Gasteiger partial charge is 0.304 e. The maximum absolute atomic E-state index is 13.0. The summed E-state index contributed by atoms with van der Waals surface area (Å²) in [6.07, 6.45) is 6.07. The summed E-state index contributed by atoms with van der Waals surface area (Å²) in [5.41, 5.74) is 0.167. The molecule has 0 saturated heterocycles. The Morgan fingerprint density at radius 3 is 2.79 bits per heavy atom. The summed E-state index contributed by atoms with van der Waals surface area (Å²) in [6.45, 7) is 0. The molecule has 0 N–H and O–H groups in total. The van der Waals surface area contributed by atoms with Gasteiger partial charge in [-0.3, -0.25) is 10.1 Å². The molecule has 1 aromatic carbocycles. The van der Waals surface area contributed by atoms with Crippen molar-refractivity contribution in [2.75, 3.05) is 0 Å². The lowest BCUT2D eigenvalue weighted by Crippen LogP contribution is -1.94. The maximum atomic E-state index is 13.0. The lowest BCUT2D eigenvalue weighted by molar-refractivity contribution is -0.387. The Morgan fingerprint density at radius 1 is 1.57 bits per heavy atom. The molecule has 0 saturated carbocycles. The minimum absolute atomic E-state index is 0.497. The van der Waals surface area contributed by atoms with Gasteiger partial charge >= 0.3 is 5.69 Å². The summed E-state index contributed by atoms with van der Waals surface area (Å²) in [4.78, 5) is 9.53. The minimum atomic E-state index is -0.815. The van der Waals surface area contributed by atoms with Crippen LogP contribution in [0.4, 0.5) is 10.1 Å². The van der Waals surface area contributed by atoms with Crippen molar-refractivity contribution in [3.8, 4) is 12.3 Å². The Hall–Kier alpha value is -1.89. The fraction of sp³-hybridized carbons (Fsp3) is 0.200. The van der Waals surface area contributed by atoms with Gasteiger partial charge in [0.2, 0.25) is 5.82 Å². The summed E-state index contributed by atoms with van der Waals surface area (Å²) in [5.74, 6) is 1.60. The second-order valence-corrected chi connectivity index (χ2v) is 2.75. The molecule has 0 amide bonds. The number of nitro benzene ring substituents is 1. The molecule has 4 heteroatoms. The van der Waals surface area contributed by atoms with E-state index in [9.17, 15) is 14.5 Å². The van der Waals surface area contributed by atoms with Crippen molar-refractivity contribution in [3.05, 3.63) is 39.7 Å². The van der Waals surface area contributed by atoms with Gasteiger partial charge in [-0.1, -0.05) is 6.07 Å². The van der Waals surface area contributed by atoms with Gasteiger partial charge in [-0.2, -0.15) is 4.39 Å². The van der Waals surface area contributed by atoms with Gasteiger partial charge in [0.1, 0.15) is 0 Å². The smallest absolute Gasteiger partial charge is 0.258 e. The normalized spacial score (nSPS) is 9.43. The Morgan fingerprint density at radius 2 is 2.29 bits per heavy atom. The van der Waals surface area contributed by atoms with Gasteiger partial charge in [-0.15, -0.1) is 12.3 Å². The molecule has 0 aromatic heterocycles. The molecule has 1 rings (SSSR count). The van der Waals surface area contributed by atoms with Crippen molar-refractivity contribution in [1.82, 2.24) is 0 Å².